The van der Waals surface area contributed by atoms with Crippen molar-refractivity contribution in [3.8, 4) is 0 Å². The largest absolute Gasteiger partial charge is 0.377 e. The van der Waals surface area contributed by atoms with Crippen LogP contribution in [0.1, 0.15) is 11.1 Å². The molecule has 0 heterocycles. The van der Waals surface area contributed by atoms with Crippen LogP contribution >= 0.6 is 0 Å². The maximum absolute atomic E-state index is 12.7. The quantitative estimate of drug-likeness (QED) is 0.471. The molecule has 0 bridgehead atoms. The lowest BCUT2D eigenvalue weighted by molar-refractivity contribution is -0.462. The van der Waals surface area contributed by atoms with Crippen LogP contribution in [0.15, 0.2) is 72.8 Å². The zero-order valence-electron chi connectivity index (χ0n) is 19.4. The monoisotopic (exact) mass is 444 g/mol. The third kappa shape index (κ3) is 3.01. The van der Waals surface area contributed by atoms with Gasteiger partial charge in [0.1, 0.15) is 6.10 Å². The molecule has 1 aliphatic carbocycles. The first-order valence-electron chi connectivity index (χ1n) is 10.2. The zero-order chi connectivity index (χ0) is 23.5. The van der Waals surface area contributed by atoms with Crippen LogP contribution in [0.3, 0.4) is 0 Å². The lowest BCUT2D eigenvalue weighted by Crippen LogP contribution is -2.81. The van der Waals surface area contributed by atoms with Crippen molar-refractivity contribution in [3.05, 3.63) is 83.9 Å². The Morgan fingerprint density at radius 2 is 1.16 bits per heavy atom. The first-order valence-corrected chi connectivity index (χ1v) is 10.2. The van der Waals surface area contributed by atoms with Gasteiger partial charge in [0.05, 0.1) is 0 Å². The minimum atomic E-state index is -1.83. The fourth-order valence-corrected chi connectivity index (χ4v) is 5.06. The number of aliphatic hydroxyl groups is 1. The Balaban J connectivity index is 2.50. The van der Waals surface area contributed by atoms with Crippen molar-refractivity contribution in [3.63, 3.8) is 0 Å². The van der Waals surface area contributed by atoms with Gasteiger partial charge < -0.3 is 33.5 Å². The van der Waals surface area contributed by atoms with Crippen molar-refractivity contribution < 1.29 is 33.5 Å². The van der Waals surface area contributed by atoms with Crippen LogP contribution in [0.2, 0.25) is 0 Å². The molecule has 0 fully saturated rings. The van der Waals surface area contributed by atoms with E-state index in [0.29, 0.717) is 11.1 Å². The smallest absolute Gasteiger partial charge is 0.263 e. The van der Waals surface area contributed by atoms with Crippen LogP contribution < -0.4 is 0 Å². The fraction of sp³-hybridized carbons (Fsp3) is 0.440. The molecule has 174 valence electrons. The number of rotatable bonds is 9. The van der Waals surface area contributed by atoms with Crippen LogP contribution in [-0.4, -0.2) is 71.0 Å². The summed E-state index contributed by atoms with van der Waals surface area (Å²) in [4.78, 5) is 0. The molecule has 7 heteroatoms. The molecule has 2 aromatic carbocycles. The van der Waals surface area contributed by atoms with Crippen LogP contribution in [0, 0.1) is 0 Å². The summed E-state index contributed by atoms with van der Waals surface area (Å²) in [6.45, 7) is 0. The molecule has 0 radical (unpaired) electrons. The highest BCUT2D eigenvalue weighted by Gasteiger charge is 2.78. The van der Waals surface area contributed by atoms with Gasteiger partial charge in [0.2, 0.25) is 0 Å². The molecule has 0 amide bonds. The summed E-state index contributed by atoms with van der Waals surface area (Å²) in [5, 5.41) is 12.7. The first-order chi connectivity index (χ1) is 15.4. The van der Waals surface area contributed by atoms with Gasteiger partial charge in [-0.3, -0.25) is 0 Å². The van der Waals surface area contributed by atoms with Gasteiger partial charge >= 0.3 is 0 Å². The standard InChI is InChI=1S/C25H32O7/c1-27-21-17-18-22(28-2,25(31-5,32-6)24(21,29-3)30-4)23(26,19-13-9-7-10-14-19)20-15-11-8-12-16-20/h7-18,21,26H,1-6H3. The van der Waals surface area contributed by atoms with Gasteiger partial charge in [-0.1, -0.05) is 66.7 Å². The summed E-state index contributed by atoms with van der Waals surface area (Å²) in [5.41, 5.74) is -2.36. The second-order valence-electron chi connectivity index (χ2n) is 7.50. The van der Waals surface area contributed by atoms with E-state index in [-0.39, 0.29) is 0 Å². The minimum Gasteiger partial charge on any atom is -0.377 e. The summed E-state index contributed by atoms with van der Waals surface area (Å²) in [5.74, 6) is -3.47. The predicted molar refractivity (Wildman–Crippen MR) is 119 cm³/mol. The van der Waals surface area contributed by atoms with Crippen LogP contribution in [0.5, 0.6) is 0 Å². The van der Waals surface area contributed by atoms with E-state index in [2.05, 4.69) is 0 Å². The van der Waals surface area contributed by atoms with E-state index in [1.54, 1.807) is 12.2 Å². The Bertz CT molecular complexity index is 852. The molecular formula is C25H32O7. The van der Waals surface area contributed by atoms with Crippen molar-refractivity contribution in [2.75, 3.05) is 42.7 Å². The van der Waals surface area contributed by atoms with Gasteiger partial charge in [-0.05, 0) is 17.2 Å². The Morgan fingerprint density at radius 1 is 0.688 bits per heavy atom. The van der Waals surface area contributed by atoms with Crippen molar-refractivity contribution in [2.45, 2.75) is 28.9 Å². The van der Waals surface area contributed by atoms with Crippen molar-refractivity contribution in [1.29, 1.82) is 0 Å². The molecule has 0 saturated heterocycles. The molecule has 3 rings (SSSR count). The highest BCUT2D eigenvalue weighted by atomic mass is 16.8. The average molecular weight is 445 g/mol. The molecule has 1 N–H and O–H groups in total. The Morgan fingerprint density at radius 3 is 1.50 bits per heavy atom. The Kier molecular flexibility index (Phi) is 7.21. The van der Waals surface area contributed by atoms with Crippen molar-refractivity contribution in [1.82, 2.24) is 0 Å². The van der Waals surface area contributed by atoms with E-state index < -0.39 is 28.9 Å². The number of ether oxygens (including phenoxy) is 6. The van der Waals surface area contributed by atoms with Gasteiger partial charge in [-0.2, -0.15) is 0 Å². The molecule has 0 spiro atoms. The minimum absolute atomic E-state index is 0.563. The third-order valence-electron chi connectivity index (χ3n) is 6.51. The summed E-state index contributed by atoms with van der Waals surface area (Å²) in [6.07, 6.45) is 2.69. The average Bonchev–Trinajstić information content (AvgIpc) is 2.87. The second-order valence-corrected chi connectivity index (χ2v) is 7.50. The molecule has 0 aliphatic heterocycles. The van der Waals surface area contributed by atoms with Crippen LogP contribution in [0.25, 0.3) is 0 Å². The molecule has 2 aromatic rings. The SMILES string of the molecule is COC1C=CC(OC)(C(O)(c2ccccc2)c2ccccc2)C(OC)(OC)C1(OC)OC. The molecule has 1 aliphatic rings. The lowest BCUT2D eigenvalue weighted by atomic mass is 9.63. The Labute approximate surface area is 189 Å². The topological polar surface area (TPSA) is 75.6 Å². The van der Waals surface area contributed by atoms with Gasteiger partial charge in [-0.25, -0.2) is 0 Å². The first kappa shape index (κ1) is 24.5. The molecular weight excluding hydrogens is 412 g/mol. The van der Waals surface area contributed by atoms with E-state index in [9.17, 15) is 5.11 Å². The lowest BCUT2D eigenvalue weighted by Gasteiger charge is -2.61. The molecule has 0 aromatic heterocycles. The number of benzene rings is 2. The van der Waals surface area contributed by atoms with Gasteiger partial charge in [0, 0.05) is 42.7 Å². The summed E-state index contributed by atoms with van der Waals surface area (Å²) in [7, 11) is 8.84. The van der Waals surface area contributed by atoms with Crippen molar-refractivity contribution in [2.24, 2.45) is 0 Å². The zero-order valence-corrected chi connectivity index (χ0v) is 19.4. The van der Waals surface area contributed by atoms with E-state index in [1.807, 2.05) is 60.7 Å². The summed E-state index contributed by atoms with van der Waals surface area (Å²) >= 11 is 0. The van der Waals surface area contributed by atoms with Crippen molar-refractivity contribution >= 4 is 0 Å². The maximum Gasteiger partial charge on any atom is 0.263 e. The van der Waals surface area contributed by atoms with Gasteiger partial charge in [-0.15, -0.1) is 0 Å². The van der Waals surface area contributed by atoms with Gasteiger partial charge in [0.15, 0.2) is 11.2 Å². The second kappa shape index (κ2) is 9.41. The number of hydrogen-bond acceptors (Lipinski definition) is 7. The highest BCUT2D eigenvalue weighted by molar-refractivity contribution is 5.46. The van der Waals surface area contributed by atoms with Crippen LogP contribution in [0.4, 0.5) is 0 Å². The highest BCUT2D eigenvalue weighted by Crippen LogP contribution is 2.57. The van der Waals surface area contributed by atoms with Crippen LogP contribution in [-0.2, 0) is 34.0 Å². The molecule has 7 nitrogen and oxygen atoms in total. The maximum atomic E-state index is 12.7. The molecule has 0 saturated carbocycles. The molecule has 2 unspecified atom stereocenters. The predicted octanol–water partition coefficient (Wildman–Crippen LogP) is 2.87. The fourth-order valence-electron chi connectivity index (χ4n) is 5.06. The number of methoxy groups -OCH3 is 6. The molecule has 2 atom stereocenters. The normalized spacial score (nSPS) is 24.4. The van der Waals surface area contributed by atoms with E-state index in [0.717, 1.165) is 0 Å². The Hall–Kier alpha value is -2.10. The van der Waals surface area contributed by atoms with Gasteiger partial charge in [0.25, 0.3) is 11.6 Å². The number of hydrogen-bond donors (Lipinski definition) is 1. The van der Waals surface area contributed by atoms with E-state index in [1.165, 1.54) is 42.7 Å². The third-order valence-corrected chi connectivity index (χ3v) is 6.51. The van der Waals surface area contributed by atoms with E-state index >= 15 is 0 Å². The summed E-state index contributed by atoms with van der Waals surface area (Å²) < 4.78 is 35.8. The van der Waals surface area contributed by atoms with E-state index in [4.69, 9.17) is 28.4 Å². The summed E-state index contributed by atoms with van der Waals surface area (Å²) in [6, 6.07) is 18.4. The molecule has 32 heavy (non-hydrogen) atoms.